The first-order chi connectivity index (χ1) is 18.8. The summed E-state index contributed by atoms with van der Waals surface area (Å²) in [7, 11) is 1.36. The molecule has 1 aliphatic heterocycles. The second kappa shape index (κ2) is 9.50. The Kier molecular flexibility index (Phi) is 5.97. The average Bonchev–Trinajstić information content (AvgIpc) is 3.67. The number of nitrogens with one attached hydrogen (secondary N) is 2. The lowest BCUT2D eigenvalue weighted by atomic mass is 10.0. The third-order valence-corrected chi connectivity index (χ3v) is 6.84. The number of carbonyl (C=O) groups excluding carboxylic acids is 1. The fourth-order valence-corrected chi connectivity index (χ4v) is 4.95. The van der Waals surface area contributed by atoms with E-state index in [0.29, 0.717) is 35.8 Å². The molecule has 1 amide bonds. The predicted molar refractivity (Wildman–Crippen MR) is 142 cm³/mol. The van der Waals surface area contributed by atoms with Gasteiger partial charge in [-0.1, -0.05) is 26.0 Å². The van der Waals surface area contributed by atoms with Crippen LogP contribution >= 0.6 is 0 Å². The molecule has 0 spiro atoms. The Morgan fingerprint density at radius 3 is 2.69 bits per heavy atom. The summed E-state index contributed by atoms with van der Waals surface area (Å²) in [4.78, 5) is 20.5. The van der Waals surface area contributed by atoms with E-state index in [-0.39, 0.29) is 28.9 Å². The van der Waals surface area contributed by atoms with E-state index in [9.17, 15) is 13.6 Å². The van der Waals surface area contributed by atoms with Gasteiger partial charge in [-0.15, -0.1) is 0 Å². The van der Waals surface area contributed by atoms with Crippen LogP contribution in [-0.4, -0.2) is 37.8 Å². The van der Waals surface area contributed by atoms with Crippen molar-refractivity contribution < 1.29 is 18.3 Å². The predicted octanol–water partition coefficient (Wildman–Crippen LogP) is 5.30. The van der Waals surface area contributed by atoms with E-state index in [1.54, 1.807) is 35.1 Å². The van der Waals surface area contributed by atoms with Crippen molar-refractivity contribution >= 4 is 23.1 Å². The second-order valence-corrected chi connectivity index (χ2v) is 9.68. The van der Waals surface area contributed by atoms with Gasteiger partial charge in [-0.05, 0) is 41.3 Å². The Hall–Kier alpha value is -4.80. The molecule has 9 nitrogen and oxygen atoms in total. The van der Waals surface area contributed by atoms with E-state index in [1.165, 1.54) is 25.3 Å². The number of halogens is 2. The van der Waals surface area contributed by atoms with Crippen LogP contribution in [0.4, 0.5) is 20.3 Å². The Labute approximate surface area is 222 Å². The quantitative estimate of drug-likeness (QED) is 0.310. The van der Waals surface area contributed by atoms with E-state index >= 15 is 0 Å². The van der Waals surface area contributed by atoms with Crippen molar-refractivity contribution in [2.45, 2.75) is 32.9 Å². The highest BCUT2D eigenvalue weighted by Gasteiger charge is 2.28. The minimum absolute atomic E-state index is 0.0168. The van der Waals surface area contributed by atoms with Gasteiger partial charge in [0.1, 0.15) is 11.6 Å². The zero-order chi connectivity index (χ0) is 27.3. The van der Waals surface area contributed by atoms with Gasteiger partial charge in [-0.25, -0.2) is 18.3 Å². The van der Waals surface area contributed by atoms with Crippen molar-refractivity contribution in [3.63, 3.8) is 0 Å². The van der Waals surface area contributed by atoms with Crippen LogP contribution in [0, 0.1) is 11.6 Å². The zero-order valence-corrected chi connectivity index (χ0v) is 21.5. The van der Waals surface area contributed by atoms with Crippen molar-refractivity contribution in [1.29, 1.82) is 0 Å². The summed E-state index contributed by atoms with van der Waals surface area (Å²) >= 11 is 0. The van der Waals surface area contributed by atoms with Gasteiger partial charge in [0, 0.05) is 36.5 Å². The molecule has 2 aromatic carbocycles. The molecular weight excluding hydrogens is 504 g/mol. The van der Waals surface area contributed by atoms with Gasteiger partial charge in [-0.3, -0.25) is 9.89 Å². The number of fused-ring (bicyclic) bond motifs is 2. The Bertz CT molecular complexity index is 1710. The molecule has 0 aliphatic carbocycles. The van der Waals surface area contributed by atoms with Crippen LogP contribution in [0.15, 0.2) is 54.9 Å². The number of aromatic nitrogens is 5. The number of benzene rings is 2. The summed E-state index contributed by atoms with van der Waals surface area (Å²) in [6, 6.07) is 11.2. The van der Waals surface area contributed by atoms with Gasteiger partial charge in [0.25, 0.3) is 5.91 Å². The first-order valence-corrected chi connectivity index (χ1v) is 12.4. The maximum Gasteiger partial charge on any atom is 0.276 e. The molecule has 0 saturated heterocycles. The van der Waals surface area contributed by atoms with Crippen molar-refractivity contribution in [2.75, 3.05) is 17.3 Å². The van der Waals surface area contributed by atoms with Gasteiger partial charge in [0.2, 0.25) is 0 Å². The largest absolute Gasteiger partial charge is 0.494 e. The highest BCUT2D eigenvalue weighted by Crippen LogP contribution is 2.34. The highest BCUT2D eigenvalue weighted by atomic mass is 19.1. The van der Waals surface area contributed by atoms with Crippen LogP contribution in [0.3, 0.4) is 0 Å². The van der Waals surface area contributed by atoms with Gasteiger partial charge in [0.15, 0.2) is 22.9 Å². The number of amides is 1. The number of rotatable bonds is 6. The van der Waals surface area contributed by atoms with Crippen molar-refractivity contribution in [2.24, 2.45) is 0 Å². The molecule has 0 atom stereocenters. The molecule has 4 heterocycles. The molecule has 2 N–H and O–H groups in total. The molecule has 1 aliphatic rings. The number of nitrogens with zero attached hydrogens (tertiary/aromatic N) is 5. The smallest absolute Gasteiger partial charge is 0.276 e. The van der Waals surface area contributed by atoms with E-state index in [4.69, 9.17) is 9.72 Å². The number of carbonyl (C=O) groups is 1. The summed E-state index contributed by atoms with van der Waals surface area (Å²) in [5, 5.41) is 14.2. The SMILES string of the molecule is COc1cccc(NC(=O)c2nn3c(-c4cn[nH]c4)cc(N4Cc5ccc(F)cc5C4)nc3c2C(C)C)c1F. The standard InChI is InChI=1S/C28H25F2N7O2/c1-15(2)24-26(28(38)33-20-5-4-6-22(39-3)25(20)30)35-37-21(18-11-31-32-12-18)10-23(34-27(24)37)36-13-16-7-8-19(29)9-17(16)14-36/h4-12,15H,13-14H2,1-3H3,(H,31,32)(H,33,38). The molecule has 0 bridgehead atoms. The lowest BCUT2D eigenvalue weighted by Crippen LogP contribution is -2.17. The summed E-state index contributed by atoms with van der Waals surface area (Å²) in [6.45, 7) is 4.95. The monoisotopic (exact) mass is 529 g/mol. The van der Waals surface area contributed by atoms with Crippen LogP contribution in [0.25, 0.3) is 16.9 Å². The fourth-order valence-electron chi connectivity index (χ4n) is 4.95. The molecule has 3 aromatic heterocycles. The number of hydrogen-bond acceptors (Lipinski definition) is 6. The number of aromatic amines is 1. The van der Waals surface area contributed by atoms with Gasteiger partial charge in [-0.2, -0.15) is 10.2 Å². The first kappa shape index (κ1) is 24.5. The van der Waals surface area contributed by atoms with Crippen LogP contribution in [0.2, 0.25) is 0 Å². The summed E-state index contributed by atoms with van der Waals surface area (Å²) in [5.41, 5.74) is 4.57. The molecular formula is C28H25F2N7O2. The maximum absolute atomic E-state index is 14.8. The minimum atomic E-state index is -0.673. The third kappa shape index (κ3) is 4.25. The van der Waals surface area contributed by atoms with Crippen LogP contribution in [0.5, 0.6) is 5.75 Å². The van der Waals surface area contributed by atoms with Crippen LogP contribution in [-0.2, 0) is 13.1 Å². The minimum Gasteiger partial charge on any atom is -0.494 e. The molecule has 5 aromatic rings. The topological polar surface area (TPSA) is 100 Å². The lowest BCUT2D eigenvalue weighted by molar-refractivity contribution is 0.102. The van der Waals surface area contributed by atoms with E-state index < -0.39 is 11.7 Å². The Balaban J connectivity index is 1.48. The van der Waals surface area contributed by atoms with Gasteiger partial charge < -0.3 is 15.0 Å². The highest BCUT2D eigenvalue weighted by molar-refractivity contribution is 6.05. The van der Waals surface area contributed by atoms with Gasteiger partial charge in [0.05, 0.1) is 24.7 Å². The number of anilines is 2. The molecule has 198 valence electrons. The Morgan fingerprint density at radius 1 is 1.13 bits per heavy atom. The van der Waals surface area contributed by atoms with Crippen molar-refractivity contribution in [3.8, 4) is 17.0 Å². The maximum atomic E-state index is 14.8. The lowest BCUT2D eigenvalue weighted by Gasteiger charge is -2.18. The summed E-state index contributed by atoms with van der Waals surface area (Å²) in [5.74, 6) is -0.981. The summed E-state index contributed by atoms with van der Waals surface area (Å²) < 4.78 is 35.3. The van der Waals surface area contributed by atoms with E-state index in [1.807, 2.05) is 19.9 Å². The first-order valence-electron chi connectivity index (χ1n) is 12.4. The average molecular weight is 530 g/mol. The molecule has 0 unspecified atom stereocenters. The molecule has 0 fully saturated rings. The molecule has 11 heteroatoms. The fraction of sp³-hybridized carbons (Fsp3) is 0.214. The molecule has 6 rings (SSSR count). The van der Waals surface area contributed by atoms with Crippen molar-refractivity contribution in [3.05, 3.63) is 88.9 Å². The normalized spacial score (nSPS) is 12.8. The number of ether oxygens (including phenoxy) is 1. The summed E-state index contributed by atoms with van der Waals surface area (Å²) in [6.07, 6.45) is 3.39. The van der Waals surface area contributed by atoms with E-state index in [0.717, 1.165) is 16.7 Å². The van der Waals surface area contributed by atoms with E-state index in [2.05, 4.69) is 25.5 Å². The molecule has 39 heavy (non-hydrogen) atoms. The van der Waals surface area contributed by atoms with Crippen LogP contribution in [0.1, 0.15) is 46.9 Å². The molecule has 0 saturated carbocycles. The molecule has 0 radical (unpaired) electrons. The number of hydrogen-bond donors (Lipinski definition) is 2. The Morgan fingerprint density at radius 2 is 1.95 bits per heavy atom. The third-order valence-electron chi connectivity index (χ3n) is 6.84. The second-order valence-electron chi connectivity index (χ2n) is 9.68. The zero-order valence-electron chi connectivity index (χ0n) is 21.5. The number of H-pyrrole nitrogens is 1. The van der Waals surface area contributed by atoms with Crippen molar-refractivity contribution in [1.82, 2.24) is 24.8 Å². The number of methoxy groups -OCH3 is 1. The van der Waals surface area contributed by atoms with Gasteiger partial charge >= 0.3 is 0 Å². The van der Waals surface area contributed by atoms with Crippen LogP contribution < -0.4 is 15.0 Å².